The van der Waals surface area contributed by atoms with Gasteiger partial charge in [0, 0.05) is 13.0 Å². The summed E-state index contributed by atoms with van der Waals surface area (Å²) in [6.07, 6.45) is 6.05. The molecule has 0 radical (unpaired) electrons. The van der Waals surface area contributed by atoms with Gasteiger partial charge in [-0.05, 0) is 49.1 Å². The van der Waals surface area contributed by atoms with E-state index >= 15 is 0 Å². The molecule has 6 heteroatoms. The molecule has 28 heavy (non-hydrogen) atoms. The van der Waals surface area contributed by atoms with E-state index in [1.807, 2.05) is 61.6 Å². The Hall–Kier alpha value is -2.76. The third-order valence-electron chi connectivity index (χ3n) is 3.44. The van der Waals surface area contributed by atoms with Crippen molar-refractivity contribution in [2.24, 2.45) is 0 Å². The lowest BCUT2D eigenvalue weighted by Crippen LogP contribution is -1.99. The number of alkyl halides is 3. The van der Waals surface area contributed by atoms with Crippen LogP contribution in [0.15, 0.2) is 77.6 Å². The molecule has 0 atom stereocenters. The smallest absolute Gasteiger partial charge is 0.386 e. The van der Waals surface area contributed by atoms with Crippen molar-refractivity contribution in [1.82, 2.24) is 0 Å². The predicted octanol–water partition coefficient (Wildman–Crippen LogP) is 6.05. The fourth-order valence-electron chi connectivity index (χ4n) is 2.21. The fraction of sp³-hybridized carbons (Fsp3) is 0.318. The van der Waals surface area contributed by atoms with Crippen LogP contribution in [-0.4, -0.2) is 18.8 Å². The van der Waals surface area contributed by atoms with Gasteiger partial charge in [0.05, 0.1) is 6.61 Å². The first kappa shape index (κ1) is 23.3. The summed E-state index contributed by atoms with van der Waals surface area (Å²) in [5.74, 6) is 0.511. The lowest BCUT2D eigenvalue weighted by atomic mass is 10.1. The van der Waals surface area contributed by atoms with Crippen molar-refractivity contribution in [3.8, 4) is 0 Å². The highest BCUT2D eigenvalue weighted by atomic mass is 19.4. The molecule has 0 spiro atoms. The second-order valence-corrected chi connectivity index (χ2v) is 6.00. The van der Waals surface area contributed by atoms with Gasteiger partial charge in [0.15, 0.2) is 0 Å². The van der Waals surface area contributed by atoms with Gasteiger partial charge in [0.2, 0.25) is 0 Å². The molecule has 0 bridgehead atoms. The van der Waals surface area contributed by atoms with Gasteiger partial charge in [0.1, 0.15) is 12.4 Å². The maximum Gasteiger partial charge on any atom is 0.386 e. The molecule has 152 valence electrons. The van der Waals surface area contributed by atoms with Crippen LogP contribution in [0.25, 0.3) is 0 Å². The van der Waals surface area contributed by atoms with Gasteiger partial charge in [-0.25, -0.2) is 4.79 Å². The molecule has 0 aromatic heterocycles. The van der Waals surface area contributed by atoms with Crippen LogP contribution in [0, 0.1) is 0 Å². The van der Waals surface area contributed by atoms with Crippen LogP contribution in [0.4, 0.5) is 13.2 Å². The van der Waals surface area contributed by atoms with Crippen LogP contribution < -0.4 is 0 Å². The van der Waals surface area contributed by atoms with Crippen molar-refractivity contribution in [3.63, 3.8) is 0 Å². The maximum absolute atomic E-state index is 11.4. The van der Waals surface area contributed by atoms with E-state index in [1.54, 1.807) is 6.92 Å². The van der Waals surface area contributed by atoms with E-state index in [1.165, 1.54) is 6.08 Å². The van der Waals surface area contributed by atoms with Gasteiger partial charge in [-0.1, -0.05) is 42.5 Å². The van der Waals surface area contributed by atoms with E-state index in [0.717, 1.165) is 28.9 Å². The van der Waals surface area contributed by atoms with Crippen molar-refractivity contribution in [2.45, 2.75) is 40.0 Å². The fourth-order valence-corrected chi connectivity index (χ4v) is 2.21. The molecule has 0 fully saturated rings. The largest absolute Gasteiger partial charge is 0.489 e. The second-order valence-electron chi connectivity index (χ2n) is 6.00. The summed E-state index contributed by atoms with van der Waals surface area (Å²) in [6, 6.07) is 10.1. The Labute approximate surface area is 163 Å². The first-order chi connectivity index (χ1) is 13.2. The van der Waals surface area contributed by atoms with Crippen LogP contribution in [0.2, 0.25) is 0 Å². The Morgan fingerprint density at radius 2 is 1.86 bits per heavy atom. The van der Waals surface area contributed by atoms with Gasteiger partial charge in [-0.15, -0.1) is 0 Å². The average Bonchev–Trinajstić information content (AvgIpc) is 2.79. The summed E-state index contributed by atoms with van der Waals surface area (Å²) in [7, 11) is 0. The van der Waals surface area contributed by atoms with Gasteiger partial charge < -0.3 is 9.47 Å². The summed E-state index contributed by atoms with van der Waals surface area (Å²) >= 11 is 0. The summed E-state index contributed by atoms with van der Waals surface area (Å²) in [5.41, 5.74) is 3.29. The highest BCUT2D eigenvalue weighted by Gasteiger charge is 2.15. The molecule has 0 amide bonds. The summed E-state index contributed by atoms with van der Waals surface area (Å²) in [5, 5.41) is 0. The molecule has 0 saturated heterocycles. The maximum atomic E-state index is 11.4. The molecule has 0 N–H and O–H groups in total. The Balaban J connectivity index is 0.000000696. The number of ether oxygens (including phenoxy) is 2. The van der Waals surface area contributed by atoms with Crippen LogP contribution in [0.5, 0.6) is 0 Å². The van der Waals surface area contributed by atoms with Crippen LogP contribution in [0.1, 0.15) is 32.8 Å². The minimum atomic E-state index is -4.00. The lowest BCUT2D eigenvalue weighted by Gasteiger charge is -2.07. The third kappa shape index (κ3) is 11.1. The first-order valence-electron chi connectivity index (χ1n) is 8.85. The molecule has 0 unspecified atom stereocenters. The Kier molecular flexibility index (Phi) is 9.85. The molecular formula is C22H25F3O3. The van der Waals surface area contributed by atoms with Gasteiger partial charge >= 0.3 is 12.1 Å². The quantitative estimate of drug-likeness (QED) is 0.435. The number of carbonyl (C=O) groups excluding carboxylic acids is 1. The molecular weight excluding hydrogens is 369 g/mol. The number of benzene rings is 1. The van der Waals surface area contributed by atoms with E-state index in [-0.39, 0.29) is 12.9 Å². The number of esters is 1. The van der Waals surface area contributed by atoms with Crippen LogP contribution >= 0.6 is 0 Å². The van der Waals surface area contributed by atoms with Gasteiger partial charge in [-0.3, -0.25) is 0 Å². The number of rotatable bonds is 6. The lowest BCUT2D eigenvalue weighted by molar-refractivity contribution is -0.137. The summed E-state index contributed by atoms with van der Waals surface area (Å²) in [6.45, 7) is 4.93. The van der Waals surface area contributed by atoms with Gasteiger partial charge in [0.25, 0.3) is 0 Å². The SMILES string of the molecule is CC(F)(F)F.CCOC(=O)/C=C/C1=C(C)C=C(OCc2ccccc2)C=CC1. The topological polar surface area (TPSA) is 35.5 Å². The highest BCUT2D eigenvalue weighted by molar-refractivity contribution is 5.82. The van der Waals surface area contributed by atoms with Crippen molar-refractivity contribution in [1.29, 1.82) is 0 Å². The highest BCUT2D eigenvalue weighted by Crippen LogP contribution is 2.20. The number of hydrogen-bond donors (Lipinski definition) is 0. The predicted molar refractivity (Wildman–Crippen MR) is 103 cm³/mol. The third-order valence-corrected chi connectivity index (χ3v) is 3.44. The number of carbonyl (C=O) groups is 1. The molecule has 0 heterocycles. The second kappa shape index (κ2) is 11.8. The zero-order valence-corrected chi connectivity index (χ0v) is 16.3. The number of allylic oxidation sites excluding steroid dienone is 6. The minimum Gasteiger partial charge on any atom is -0.489 e. The van der Waals surface area contributed by atoms with E-state index in [9.17, 15) is 18.0 Å². The molecule has 1 aliphatic carbocycles. The summed E-state index contributed by atoms with van der Waals surface area (Å²) in [4.78, 5) is 11.4. The van der Waals surface area contributed by atoms with Crippen molar-refractivity contribution in [2.75, 3.05) is 6.61 Å². The molecule has 1 aromatic carbocycles. The molecule has 1 aliphatic rings. The number of halogens is 3. The monoisotopic (exact) mass is 394 g/mol. The van der Waals surface area contributed by atoms with Crippen molar-refractivity contribution in [3.05, 3.63) is 83.2 Å². The normalized spacial score (nSPS) is 14.1. The number of hydrogen-bond acceptors (Lipinski definition) is 3. The van der Waals surface area contributed by atoms with Gasteiger partial charge in [-0.2, -0.15) is 13.2 Å². The Morgan fingerprint density at radius 1 is 1.21 bits per heavy atom. The zero-order chi connectivity index (χ0) is 21.0. The molecule has 0 saturated carbocycles. The van der Waals surface area contributed by atoms with Crippen LogP contribution in [0.3, 0.4) is 0 Å². The Morgan fingerprint density at radius 3 is 2.46 bits per heavy atom. The Bertz CT molecular complexity index is 736. The molecule has 2 rings (SSSR count). The average molecular weight is 394 g/mol. The van der Waals surface area contributed by atoms with Crippen LogP contribution in [-0.2, 0) is 20.9 Å². The van der Waals surface area contributed by atoms with E-state index in [0.29, 0.717) is 13.2 Å². The van der Waals surface area contributed by atoms with E-state index in [2.05, 4.69) is 0 Å². The molecule has 3 nitrogen and oxygen atoms in total. The summed E-state index contributed by atoms with van der Waals surface area (Å²) < 4.78 is 41.8. The van der Waals surface area contributed by atoms with E-state index in [4.69, 9.17) is 9.47 Å². The first-order valence-corrected chi connectivity index (χ1v) is 8.85. The molecule has 0 aliphatic heterocycles. The molecule has 1 aromatic rings. The zero-order valence-electron chi connectivity index (χ0n) is 16.3. The van der Waals surface area contributed by atoms with Crippen molar-refractivity contribution >= 4 is 5.97 Å². The van der Waals surface area contributed by atoms with E-state index < -0.39 is 6.18 Å². The minimum absolute atomic E-state index is 0.188. The van der Waals surface area contributed by atoms with Crippen molar-refractivity contribution < 1.29 is 27.4 Å². The standard InChI is InChI=1S/C20H22O3.C2H3F3/c1-3-22-20(21)13-12-18-10-7-11-19(14-16(18)2)23-15-17-8-5-4-6-9-17;1-2(3,4)5/h4-9,11-14H,3,10,15H2,1-2H3;1H3/b13-12+;.